The number of benzene rings is 2. The number of aliphatic imine (C=N–C) groups is 2. The second-order valence-electron chi connectivity index (χ2n) is 8.66. The maximum atomic E-state index is 12.3. The molecular formula is C31H35N5O3. The van der Waals surface area contributed by atoms with Crippen LogP contribution >= 0.6 is 0 Å². The van der Waals surface area contributed by atoms with Crippen LogP contribution in [-0.4, -0.2) is 55.0 Å². The van der Waals surface area contributed by atoms with Crippen LogP contribution < -0.4 is 15.8 Å². The fourth-order valence-electron chi connectivity index (χ4n) is 4.10. The highest BCUT2D eigenvalue weighted by Gasteiger charge is 2.26. The Labute approximate surface area is 230 Å². The molecule has 0 aromatic heterocycles. The van der Waals surface area contributed by atoms with E-state index in [4.69, 9.17) is 14.5 Å². The Morgan fingerprint density at radius 2 is 1.82 bits per heavy atom. The van der Waals surface area contributed by atoms with E-state index in [1.165, 1.54) is 0 Å². The lowest BCUT2D eigenvalue weighted by Crippen LogP contribution is -2.50. The van der Waals surface area contributed by atoms with Gasteiger partial charge in [0.05, 0.1) is 5.71 Å². The largest absolute Gasteiger partial charge is 0.487 e. The molecule has 0 unspecified atom stereocenters. The summed E-state index contributed by atoms with van der Waals surface area (Å²) in [7, 11) is 1.83. The lowest BCUT2D eigenvalue weighted by Gasteiger charge is -2.29. The van der Waals surface area contributed by atoms with Crippen LogP contribution in [0.1, 0.15) is 35.3 Å². The SMILES string of the molecule is C=C/C=C\N=C1N=C(c2ccc(-c3ccc4c(c3)CN(C)C4=O)c(OC3CNC3)c2)C=CC1=C.CC.NC=O. The highest BCUT2D eigenvalue weighted by molar-refractivity contribution is 6.21. The van der Waals surface area contributed by atoms with Crippen LogP contribution in [0.3, 0.4) is 0 Å². The summed E-state index contributed by atoms with van der Waals surface area (Å²) in [6.07, 6.45) is 9.32. The van der Waals surface area contributed by atoms with Crippen molar-refractivity contribution in [3.05, 3.63) is 102 Å². The summed E-state index contributed by atoms with van der Waals surface area (Å²) in [6.45, 7) is 14.0. The van der Waals surface area contributed by atoms with Crippen molar-refractivity contribution in [1.29, 1.82) is 0 Å². The molecule has 0 aliphatic carbocycles. The van der Waals surface area contributed by atoms with E-state index in [1.54, 1.807) is 23.3 Å². The molecule has 5 rings (SSSR count). The minimum atomic E-state index is 0.0676. The Bertz CT molecular complexity index is 1370. The standard InChI is InChI=1S/C28H26N4O2.C2H6.CH3NO/c1-4-5-12-30-27-18(2)6-11-25(31-27)20-8-9-23(26(14-20)34-22-15-29-16-22)19-7-10-24-21(13-19)17-32(3)28(24)33;1-2;2-1-3/h4-14,22,29H,1-2,15-17H2,3H3;1-2H3;1H,(H2,2,3)/b12-5-,30-27?;;. The predicted molar refractivity (Wildman–Crippen MR) is 158 cm³/mol. The summed E-state index contributed by atoms with van der Waals surface area (Å²) in [5.41, 5.74) is 10.5. The zero-order chi connectivity index (χ0) is 28.4. The first-order chi connectivity index (χ1) is 18.9. The number of dihydropyridines is 1. The van der Waals surface area contributed by atoms with E-state index in [0.717, 1.165) is 57.9 Å². The summed E-state index contributed by atoms with van der Waals surface area (Å²) in [4.78, 5) is 31.7. The molecule has 0 spiro atoms. The molecule has 2 amide bonds. The van der Waals surface area contributed by atoms with Gasteiger partial charge in [-0.2, -0.15) is 0 Å². The smallest absolute Gasteiger partial charge is 0.254 e. The van der Waals surface area contributed by atoms with Gasteiger partial charge in [-0.05, 0) is 53.6 Å². The third-order valence-electron chi connectivity index (χ3n) is 6.09. The molecule has 1 fully saturated rings. The third-order valence-corrected chi connectivity index (χ3v) is 6.09. The van der Waals surface area contributed by atoms with Crippen LogP contribution in [0.5, 0.6) is 5.75 Å². The summed E-state index contributed by atoms with van der Waals surface area (Å²) in [5, 5.41) is 3.26. The maximum Gasteiger partial charge on any atom is 0.254 e. The van der Waals surface area contributed by atoms with Crippen LogP contribution in [0.2, 0.25) is 0 Å². The van der Waals surface area contributed by atoms with Gasteiger partial charge >= 0.3 is 0 Å². The molecule has 0 radical (unpaired) electrons. The molecule has 3 aliphatic rings. The maximum absolute atomic E-state index is 12.3. The Kier molecular flexibility index (Phi) is 10.3. The second-order valence-corrected chi connectivity index (χ2v) is 8.66. The number of nitrogens with two attached hydrogens (primary N) is 1. The van der Waals surface area contributed by atoms with E-state index >= 15 is 0 Å². The Morgan fingerprint density at radius 1 is 1.13 bits per heavy atom. The predicted octanol–water partition coefficient (Wildman–Crippen LogP) is 4.43. The Hall–Kier alpha value is -4.56. The summed E-state index contributed by atoms with van der Waals surface area (Å²) < 4.78 is 6.37. The van der Waals surface area contributed by atoms with Crippen molar-refractivity contribution in [2.24, 2.45) is 15.7 Å². The van der Waals surface area contributed by atoms with Gasteiger partial charge < -0.3 is 20.7 Å². The number of hydrogen-bond acceptors (Lipinski definition) is 5. The molecule has 3 N–H and O–H groups in total. The fraction of sp³-hybridized carbons (Fsp3) is 0.226. The average molecular weight is 526 g/mol. The molecule has 2 aromatic rings. The number of hydrogen-bond donors (Lipinski definition) is 2. The zero-order valence-electron chi connectivity index (χ0n) is 22.7. The molecule has 3 heterocycles. The minimum absolute atomic E-state index is 0.0676. The molecule has 0 atom stereocenters. The van der Waals surface area contributed by atoms with Crippen molar-refractivity contribution in [2.75, 3.05) is 20.1 Å². The van der Waals surface area contributed by atoms with E-state index in [-0.39, 0.29) is 18.4 Å². The van der Waals surface area contributed by atoms with Gasteiger partial charge in [-0.3, -0.25) is 9.59 Å². The molecule has 8 nitrogen and oxygen atoms in total. The van der Waals surface area contributed by atoms with Gasteiger partial charge in [0.15, 0.2) is 5.84 Å². The van der Waals surface area contributed by atoms with Crippen LogP contribution in [-0.2, 0) is 11.3 Å². The van der Waals surface area contributed by atoms with Crippen molar-refractivity contribution < 1.29 is 14.3 Å². The van der Waals surface area contributed by atoms with Gasteiger partial charge in [-0.25, -0.2) is 9.98 Å². The van der Waals surface area contributed by atoms with Crippen LogP contribution in [0.4, 0.5) is 0 Å². The fourth-order valence-corrected chi connectivity index (χ4v) is 4.10. The highest BCUT2D eigenvalue weighted by Crippen LogP contribution is 2.35. The second kappa shape index (κ2) is 13.8. The first-order valence-electron chi connectivity index (χ1n) is 12.8. The van der Waals surface area contributed by atoms with Gasteiger partial charge in [0, 0.05) is 55.1 Å². The quantitative estimate of drug-likeness (QED) is 0.429. The summed E-state index contributed by atoms with van der Waals surface area (Å²) >= 11 is 0. The van der Waals surface area contributed by atoms with Crippen molar-refractivity contribution >= 4 is 23.9 Å². The molecule has 0 saturated carbocycles. The van der Waals surface area contributed by atoms with Crippen molar-refractivity contribution in [2.45, 2.75) is 26.5 Å². The first kappa shape index (κ1) is 29.0. The van der Waals surface area contributed by atoms with E-state index in [2.05, 4.69) is 41.3 Å². The number of ether oxygens (including phenoxy) is 1. The normalized spacial score (nSPS) is 16.9. The zero-order valence-corrected chi connectivity index (χ0v) is 22.7. The number of fused-ring (bicyclic) bond motifs is 1. The van der Waals surface area contributed by atoms with E-state index in [1.807, 2.05) is 57.3 Å². The highest BCUT2D eigenvalue weighted by atomic mass is 16.5. The average Bonchev–Trinajstić information content (AvgIpc) is 3.21. The number of allylic oxidation sites excluding steroid dienone is 3. The number of amides is 2. The summed E-state index contributed by atoms with van der Waals surface area (Å²) in [5.74, 6) is 1.43. The number of amidine groups is 1. The van der Waals surface area contributed by atoms with Crippen molar-refractivity contribution in [3.8, 4) is 16.9 Å². The van der Waals surface area contributed by atoms with Gasteiger partial charge in [-0.15, -0.1) is 0 Å². The van der Waals surface area contributed by atoms with Crippen LogP contribution in [0, 0.1) is 0 Å². The first-order valence-corrected chi connectivity index (χ1v) is 12.8. The number of primary amides is 1. The molecule has 0 bridgehead atoms. The van der Waals surface area contributed by atoms with Crippen LogP contribution in [0.15, 0.2) is 95.6 Å². The molecule has 39 heavy (non-hydrogen) atoms. The molecule has 1 saturated heterocycles. The molecular weight excluding hydrogens is 490 g/mol. The van der Waals surface area contributed by atoms with Gasteiger partial charge in [0.25, 0.3) is 5.91 Å². The van der Waals surface area contributed by atoms with Gasteiger partial charge in [-0.1, -0.05) is 45.2 Å². The number of carbonyl (C=O) groups is 2. The van der Waals surface area contributed by atoms with Crippen LogP contribution in [0.25, 0.3) is 11.1 Å². The monoisotopic (exact) mass is 525 g/mol. The van der Waals surface area contributed by atoms with E-state index in [0.29, 0.717) is 12.4 Å². The lowest BCUT2D eigenvalue weighted by molar-refractivity contribution is -0.106. The summed E-state index contributed by atoms with van der Waals surface area (Å²) in [6, 6.07) is 12.1. The number of rotatable bonds is 6. The molecule has 202 valence electrons. The topological polar surface area (TPSA) is 109 Å². The third kappa shape index (κ3) is 6.86. The van der Waals surface area contributed by atoms with E-state index < -0.39 is 0 Å². The Morgan fingerprint density at radius 3 is 2.49 bits per heavy atom. The number of nitrogens with one attached hydrogen (secondary N) is 1. The minimum Gasteiger partial charge on any atom is -0.487 e. The Balaban J connectivity index is 0.000000787. The molecule has 2 aromatic carbocycles. The lowest BCUT2D eigenvalue weighted by atomic mass is 9.96. The molecule has 8 heteroatoms. The van der Waals surface area contributed by atoms with Gasteiger partial charge in [0.1, 0.15) is 11.9 Å². The number of carbonyl (C=O) groups excluding carboxylic acids is 2. The van der Waals surface area contributed by atoms with Gasteiger partial charge in [0.2, 0.25) is 6.41 Å². The molecule has 3 aliphatic heterocycles. The number of nitrogens with zero attached hydrogens (tertiary/aromatic N) is 3. The van der Waals surface area contributed by atoms with Crippen molar-refractivity contribution in [3.63, 3.8) is 0 Å². The van der Waals surface area contributed by atoms with E-state index in [9.17, 15) is 4.79 Å². The van der Waals surface area contributed by atoms with Crippen molar-refractivity contribution in [1.82, 2.24) is 10.2 Å².